The van der Waals surface area contributed by atoms with Crippen LogP contribution < -0.4 is 14.4 Å². The number of aliphatic hydroxyl groups excluding tert-OH is 3. The molecule has 1 amide bonds. The van der Waals surface area contributed by atoms with Gasteiger partial charge in [-0.05, 0) is 49.4 Å². The first-order chi connectivity index (χ1) is 35.6. The molecule has 4 N–H and O–H groups in total. The van der Waals surface area contributed by atoms with E-state index >= 15 is 0 Å². The number of ether oxygens (including phenoxy) is 2. The van der Waals surface area contributed by atoms with Gasteiger partial charge >= 0.3 is 13.8 Å². The lowest BCUT2D eigenvalue weighted by Gasteiger charge is -2.44. The van der Waals surface area contributed by atoms with Crippen molar-refractivity contribution in [2.24, 2.45) is 5.92 Å². The van der Waals surface area contributed by atoms with E-state index in [1.165, 1.54) is 135 Å². The number of aliphatic hydroxyl groups is 3. The summed E-state index contributed by atoms with van der Waals surface area (Å²) in [5.74, 6) is -0.811. The van der Waals surface area contributed by atoms with Gasteiger partial charge in [0.05, 0.1) is 19.1 Å². The highest BCUT2D eigenvalue weighted by molar-refractivity contribution is 7.49. The average molecular weight is 1040 g/mol. The minimum atomic E-state index is -4.71. The van der Waals surface area contributed by atoms with Crippen molar-refractivity contribution in [3.63, 3.8) is 0 Å². The number of para-hydroxylation sites is 2. The highest BCUT2D eigenvalue weighted by Crippen LogP contribution is 2.52. The predicted octanol–water partition coefficient (Wildman–Crippen LogP) is 15.4. The Hall–Kier alpha value is -2.99. The second-order valence-electron chi connectivity index (χ2n) is 21.0. The molecular formula is C60H102NO11P. The zero-order chi connectivity index (χ0) is 52.6. The van der Waals surface area contributed by atoms with Crippen molar-refractivity contribution >= 4 is 19.7 Å². The molecule has 12 nitrogen and oxygen atoms in total. The largest absolute Gasteiger partial charge is 0.588 e. The van der Waals surface area contributed by atoms with E-state index < -0.39 is 63.1 Å². The third-order valence-electron chi connectivity index (χ3n) is 14.3. The summed E-state index contributed by atoms with van der Waals surface area (Å²) in [6.07, 6.45) is 30.8. The van der Waals surface area contributed by atoms with E-state index in [1.54, 1.807) is 60.7 Å². The van der Waals surface area contributed by atoms with Crippen molar-refractivity contribution in [2.45, 2.75) is 282 Å². The number of carbonyl (C=O) groups excluding carboxylic acids is 2. The molecule has 2 aromatic rings. The SMILES string of the molecule is CCCCCCCCCCCCCCCC[C@H](CCCCCCCCC)CC(=O)O[C@@H]1[C@H](NC(=O)C[C@H](O)CCCCCCCCCCC)[C@@H](O)O[C@H](CO)[C@H]1OP(=O)(Oc1ccccc1)Oc1ccccc1. The maximum absolute atomic E-state index is 14.9. The van der Waals surface area contributed by atoms with Crippen LogP contribution in [0, 0.1) is 5.92 Å². The Labute approximate surface area is 442 Å². The Morgan fingerprint density at radius 1 is 0.562 bits per heavy atom. The lowest BCUT2D eigenvalue weighted by molar-refractivity contribution is -0.255. The van der Waals surface area contributed by atoms with Gasteiger partial charge < -0.3 is 39.2 Å². The molecule has 1 saturated heterocycles. The third-order valence-corrected chi connectivity index (χ3v) is 15.7. The molecule has 1 heterocycles. The number of phosphoric ester groups is 1. The monoisotopic (exact) mass is 1040 g/mol. The van der Waals surface area contributed by atoms with Crippen LogP contribution in [-0.2, 0) is 28.2 Å². The Balaban J connectivity index is 1.77. The number of esters is 1. The molecule has 0 bridgehead atoms. The molecule has 2 aromatic carbocycles. The first-order valence-corrected chi connectivity index (χ1v) is 31.0. The van der Waals surface area contributed by atoms with Crippen LogP contribution in [-0.4, -0.2) is 70.6 Å². The van der Waals surface area contributed by atoms with E-state index in [9.17, 15) is 29.5 Å². The summed E-state index contributed by atoms with van der Waals surface area (Å²) in [6.45, 7) is 5.96. The van der Waals surface area contributed by atoms with Gasteiger partial charge in [0.25, 0.3) is 0 Å². The maximum atomic E-state index is 14.9. The fraction of sp³-hybridized carbons (Fsp3) is 0.767. The van der Waals surface area contributed by atoms with E-state index in [0.717, 1.165) is 70.6 Å². The number of rotatable bonds is 46. The molecule has 0 saturated carbocycles. The van der Waals surface area contributed by atoms with Crippen molar-refractivity contribution in [3.05, 3.63) is 60.7 Å². The van der Waals surface area contributed by atoms with E-state index in [-0.39, 0.29) is 30.3 Å². The van der Waals surface area contributed by atoms with Crippen molar-refractivity contribution in [2.75, 3.05) is 6.61 Å². The van der Waals surface area contributed by atoms with Crippen LogP contribution in [0.1, 0.15) is 245 Å². The second kappa shape index (κ2) is 41.2. The molecule has 1 aliphatic rings. The van der Waals surface area contributed by atoms with Crippen LogP contribution in [0.4, 0.5) is 0 Å². The molecule has 1 aliphatic heterocycles. The van der Waals surface area contributed by atoms with E-state index in [4.69, 9.17) is 23.0 Å². The van der Waals surface area contributed by atoms with Gasteiger partial charge in [0.15, 0.2) is 12.4 Å². The Kier molecular flexibility index (Phi) is 36.3. The van der Waals surface area contributed by atoms with Crippen LogP contribution in [0.3, 0.4) is 0 Å². The standard InChI is InChI=1S/C60H102NO11P/c1-4-7-10-13-16-18-19-20-21-22-24-26-29-34-41-50(40-33-28-25-15-12-9-6-3)47-56(65)69-59-57(61-55(64)48-51(63)42-35-30-27-23-17-14-11-8-5-2)60(66)68-54(49-62)58(59)72-73(67,70-52-43-36-31-37-44-52)71-53-45-38-32-39-46-53/h31-32,36-39,43-46,50-51,54,57-60,62-63,66H,4-30,33-35,40-42,47-49H2,1-3H3,(H,61,64)/t50-,51+,54+,57-,58+,59+,60-/m0/s1. The smallest absolute Gasteiger partial charge is 0.457 e. The lowest BCUT2D eigenvalue weighted by atomic mass is 9.91. The predicted molar refractivity (Wildman–Crippen MR) is 295 cm³/mol. The summed E-state index contributed by atoms with van der Waals surface area (Å²) < 4.78 is 45.2. The fourth-order valence-electron chi connectivity index (χ4n) is 9.97. The topological polar surface area (TPSA) is 170 Å². The maximum Gasteiger partial charge on any atom is 0.588 e. The molecule has 3 rings (SSSR count). The molecule has 7 atom stereocenters. The molecule has 0 spiro atoms. The van der Waals surface area contributed by atoms with Gasteiger partial charge in [-0.25, -0.2) is 4.57 Å². The summed E-state index contributed by atoms with van der Waals surface area (Å²) in [4.78, 5) is 28.1. The van der Waals surface area contributed by atoms with Gasteiger partial charge in [0.2, 0.25) is 5.91 Å². The van der Waals surface area contributed by atoms with Crippen LogP contribution >= 0.6 is 7.82 Å². The van der Waals surface area contributed by atoms with E-state index in [2.05, 4.69) is 26.1 Å². The molecule has 1 fully saturated rings. The Morgan fingerprint density at radius 3 is 1.34 bits per heavy atom. The lowest BCUT2D eigenvalue weighted by Crippen LogP contribution is -2.66. The molecule has 0 aliphatic carbocycles. The molecule has 13 heteroatoms. The summed E-state index contributed by atoms with van der Waals surface area (Å²) >= 11 is 0. The van der Waals surface area contributed by atoms with Crippen LogP contribution in [0.15, 0.2) is 60.7 Å². The minimum Gasteiger partial charge on any atom is -0.457 e. The molecule has 0 radical (unpaired) electrons. The van der Waals surface area contributed by atoms with Gasteiger partial charge in [0.1, 0.15) is 29.7 Å². The molecule has 418 valence electrons. The highest BCUT2D eigenvalue weighted by Gasteiger charge is 2.53. The van der Waals surface area contributed by atoms with Crippen molar-refractivity contribution in [3.8, 4) is 11.5 Å². The number of nitrogens with one attached hydrogen (secondary N) is 1. The highest BCUT2D eigenvalue weighted by atomic mass is 31.2. The van der Waals surface area contributed by atoms with Crippen molar-refractivity contribution in [1.29, 1.82) is 0 Å². The molecule has 0 unspecified atom stereocenters. The van der Waals surface area contributed by atoms with Crippen LogP contribution in [0.2, 0.25) is 0 Å². The average Bonchev–Trinajstić information content (AvgIpc) is 3.37. The summed E-state index contributed by atoms with van der Waals surface area (Å²) in [6, 6.07) is 15.2. The normalized spacial score (nSPS) is 18.8. The zero-order valence-corrected chi connectivity index (χ0v) is 46.7. The minimum absolute atomic E-state index is 0.0383. The molecular weight excluding hydrogens is 942 g/mol. The first-order valence-electron chi connectivity index (χ1n) is 29.5. The van der Waals surface area contributed by atoms with Crippen molar-refractivity contribution in [1.82, 2.24) is 5.32 Å². The van der Waals surface area contributed by atoms with Gasteiger partial charge in [-0.1, -0.05) is 250 Å². The third kappa shape index (κ3) is 29.8. The molecule has 73 heavy (non-hydrogen) atoms. The second-order valence-corrected chi connectivity index (χ2v) is 22.4. The number of benzene rings is 2. The van der Waals surface area contributed by atoms with Gasteiger partial charge in [0, 0.05) is 6.42 Å². The van der Waals surface area contributed by atoms with Gasteiger partial charge in [-0.3, -0.25) is 14.1 Å². The van der Waals surface area contributed by atoms with Crippen molar-refractivity contribution < 1.29 is 52.5 Å². The van der Waals surface area contributed by atoms with E-state index in [1.807, 2.05) is 0 Å². The summed E-state index contributed by atoms with van der Waals surface area (Å²) in [5, 5.41) is 36.0. The molecule has 0 aromatic heterocycles. The number of hydrogen-bond donors (Lipinski definition) is 4. The van der Waals surface area contributed by atoms with Gasteiger partial charge in [-0.2, -0.15) is 0 Å². The first kappa shape index (κ1) is 64.3. The number of hydrogen-bond acceptors (Lipinski definition) is 11. The number of carbonyl (C=O) groups is 2. The van der Waals surface area contributed by atoms with Crippen LogP contribution in [0.25, 0.3) is 0 Å². The zero-order valence-electron chi connectivity index (χ0n) is 45.8. The number of unbranched alkanes of at least 4 members (excludes halogenated alkanes) is 27. The van der Waals surface area contributed by atoms with Gasteiger partial charge in [-0.15, -0.1) is 0 Å². The number of phosphoric acid groups is 1. The Morgan fingerprint density at radius 2 is 0.945 bits per heavy atom. The summed E-state index contributed by atoms with van der Waals surface area (Å²) in [7, 11) is -4.71. The summed E-state index contributed by atoms with van der Waals surface area (Å²) in [5.41, 5.74) is 0. The fourth-order valence-corrected chi connectivity index (χ4v) is 11.4. The van der Waals surface area contributed by atoms with E-state index in [0.29, 0.717) is 6.42 Å². The quantitative estimate of drug-likeness (QED) is 0.0283. The van der Waals surface area contributed by atoms with Crippen LogP contribution in [0.5, 0.6) is 11.5 Å². The Bertz CT molecular complexity index is 1640. The number of amides is 1.